The third-order valence-electron chi connectivity index (χ3n) is 4.21. The van der Waals surface area contributed by atoms with Crippen molar-refractivity contribution in [3.63, 3.8) is 0 Å². The zero-order valence-electron chi connectivity index (χ0n) is 12.4. The molecule has 1 saturated carbocycles. The lowest BCUT2D eigenvalue weighted by molar-refractivity contribution is -0.137. The Hall–Kier alpha value is -1.47. The number of amides is 1. The number of thiazole rings is 1. The summed E-state index contributed by atoms with van der Waals surface area (Å²) in [6.07, 6.45) is 3.69. The summed E-state index contributed by atoms with van der Waals surface area (Å²) >= 11 is 1.37. The number of nitrogens with zero attached hydrogens (tertiary/aromatic N) is 2. The second-order valence-corrected chi connectivity index (χ2v) is 6.68. The van der Waals surface area contributed by atoms with Crippen LogP contribution in [-0.2, 0) is 9.53 Å². The first-order chi connectivity index (χ1) is 10.7. The number of aliphatic carboxylic acids is 1. The van der Waals surface area contributed by atoms with Crippen molar-refractivity contribution in [2.24, 2.45) is 0 Å². The first-order valence-electron chi connectivity index (χ1n) is 7.70. The molecule has 120 valence electrons. The van der Waals surface area contributed by atoms with Gasteiger partial charge in [0.25, 0.3) is 5.91 Å². The minimum atomic E-state index is -0.878. The smallest absolute Gasteiger partial charge is 0.305 e. The standard InChI is InChI=1S/C15H20N2O4S/c18-12(19)3-6-17(11-4-7-21-8-5-11)15(20)14-13(10-1-2-10)16-9-22-14/h9-11H,1-8H2,(H,18,19). The van der Waals surface area contributed by atoms with E-state index >= 15 is 0 Å². The van der Waals surface area contributed by atoms with Crippen LogP contribution in [-0.4, -0.2) is 52.7 Å². The maximum atomic E-state index is 12.9. The van der Waals surface area contributed by atoms with Gasteiger partial charge in [0.05, 0.1) is 17.6 Å². The van der Waals surface area contributed by atoms with E-state index in [1.165, 1.54) is 11.3 Å². The van der Waals surface area contributed by atoms with Gasteiger partial charge in [-0.05, 0) is 25.7 Å². The molecule has 3 rings (SSSR count). The third kappa shape index (κ3) is 3.47. The van der Waals surface area contributed by atoms with Gasteiger partial charge < -0.3 is 14.7 Å². The number of ether oxygens (including phenoxy) is 1. The van der Waals surface area contributed by atoms with Gasteiger partial charge in [-0.2, -0.15) is 0 Å². The van der Waals surface area contributed by atoms with Crippen LogP contribution in [0, 0.1) is 0 Å². The Labute approximate surface area is 133 Å². The average molecular weight is 324 g/mol. The highest BCUT2D eigenvalue weighted by atomic mass is 32.1. The number of carbonyl (C=O) groups excluding carboxylic acids is 1. The molecule has 0 spiro atoms. The molecular formula is C15H20N2O4S. The van der Waals surface area contributed by atoms with Crippen LogP contribution in [0.15, 0.2) is 5.51 Å². The van der Waals surface area contributed by atoms with Gasteiger partial charge in [0.15, 0.2) is 0 Å². The van der Waals surface area contributed by atoms with Crippen LogP contribution in [0.25, 0.3) is 0 Å². The van der Waals surface area contributed by atoms with Crippen molar-refractivity contribution in [2.45, 2.75) is 44.1 Å². The Balaban J connectivity index is 1.78. The van der Waals surface area contributed by atoms with E-state index in [2.05, 4.69) is 4.98 Å². The normalized spacial score (nSPS) is 19.1. The van der Waals surface area contributed by atoms with Gasteiger partial charge >= 0.3 is 5.97 Å². The summed E-state index contributed by atoms with van der Waals surface area (Å²) in [5, 5.41) is 8.95. The Kier molecular flexibility index (Phi) is 4.73. The Morgan fingerprint density at radius 1 is 1.32 bits per heavy atom. The van der Waals surface area contributed by atoms with Gasteiger partial charge in [0.2, 0.25) is 0 Å². The molecule has 7 heteroatoms. The Morgan fingerprint density at radius 3 is 2.68 bits per heavy atom. The summed E-state index contributed by atoms with van der Waals surface area (Å²) in [5.41, 5.74) is 2.63. The summed E-state index contributed by atoms with van der Waals surface area (Å²) in [7, 11) is 0. The third-order valence-corrected chi connectivity index (χ3v) is 5.04. The van der Waals surface area contributed by atoms with E-state index in [0.29, 0.717) is 24.0 Å². The van der Waals surface area contributed by atoms with E-state index in [4.69, 9.17) is 9.84 Å². The minimum Gasteiger partial charge on any atom is -0.481 e. The molecule has 6 nitrogen and oxygen atoms in total. The van der Waals surface area contributed by atoms with Gasteiger partial charge in [-0.3, -0.25) is 9.59 Å². The molecule has 2 heterocycles. The van der Waals surface area contributed by atoms with Gasteiger partial charge in [0, 0.05) is 31.7 Å². The topological polar surface area (TPSA) is 79.7 Å². The largest absolute Gasteiger partial charge is 0.481 e. The maximum Gasteiger partial charge on any atom is 0.305 e. The minimum absolute atomic E-state index is 0.0271. The Morgan fingerprint density at radius 2 is 2.05 bits per heavy atom. The van der Waals surface area contributed by atoms with Crippen molar-refractivity contribution in [3.05, 3.63) is 16.1 Å². The molecule has 1 aromatic heterocycles. The van der Waals surface area contributed by atoms with E-state index in [1.54, 1.807) is 10.4 Å². The second-order valence-electron chi connectivity index (χ2n) is 5.83. The lowest BCUT2D eigenvalue weighted by Crippen LogP contribution is -2.44. The van der Waals surface area contributed by atoms with Crippen molar-refractivity contribution in [2.75, 3.05) is 19.8 Å². The molecule has 0 bridgehead atoms. The summed E-state index contributed by atoms with van der Waals surface area (Å²) < 4.78 is 5.35. The van der Waals surface area contributed by atoms with Crippen LogP contribution in [0.4, 0.5) is 0 Å². The Bertz CT molecular complexity index is 549. The number of hydrogen-bond donors (Lipinski definition) is 1. The second kappa shape index (κ2) is 6.75. The van der Waals surface area contributed by atoms with E-state index in [0.717, 1.165) is 31.4 Å². The predicted octanol–water partition coefficient (Wildman–Crippen LogP) is 2.12. The van der Waals surface area contributed by atoms with Crippen LogP contribution >= 0.6 is 11.3 Å². The highest BCUT2D eigenvalue weighted by molar-refractivity contribution is 7.11. The molecule has 1 aliphatic carbocycles. The average Bonchev–Trinajstić information content (AvgIpc) is 3.25. The maximum absolute atomic E-state index is 12.9. The van der Waals surface area contributed by atoms with Crippen LogP contribution < -0.4 is 0 Å². The molecule has 2 aliphatic rings. The zero-order valence-corrected chi connectivity index (χ0v) is 13.2. The number of aromatic nitrogens is 1. The molecule has 2 fully saturated rings. The predicted molar refractivity (Wildman–Crippen MR) is 81.2 cm³/mol. The van der Waals surface area contributed by atoms with Crippen LogP contribution in [0.2, 0.25) is 0 Å². The summed E-state index contributed by atoms with van der Waals surface area (Å²) in [6, 6.07) is 0.0646. The highest BCUT2D eigenvalue weighted by Crippen LogP contribution is 2.42. The molecule has 0 aromatic carbocycles. The molecule has 1 N–H and O–H groups in total. The first kappa shape index (κ1) is 15.4. The number of carboxylic acids is 1. The van der Waals surface area contributed by atoms with Crippen molar-refractivity contribution in [1.29, 1.82) is 0 Å². The number of rotatable bonds is 6. The van der Waals surface area contributed by atoms with Crippen molar-refractivity contribution >= 4 is 23.2 Å². The van der Waals surface area contributed by atoms with Crippen molar-refractivity contribution in [1.82, 2.24) is 9.88 Å². The zero-order chi connectivity index (χ0) is 15.5. The van der Waals surface area contributed by atoms with Crippen LogP contribution in [0.5, 0.6) is 0 Å². The lowest BCUT2D eigenvalue weighted by Gasteiger charge is -2.34. The van der Waals surface area contributed by atoms with Gasteiger partial charge in [-0.1, -0.05) is 0 Å². The quantitative estimate of drug-likeness (QED) is 0.867. The SMILES string of the molecule is O=C(O)CCN(C(=O)c1scnc1C1CC1)C1CCOCC1. The van der Waals surface area contributed by atoms with Gasteiger partial charge in [-0.15, -0.1) is 11.3 Å². The van der Waals surface area contributed by atoms with E-state index in [1.807, 2.05) is 0 Å². The first-order valence-corrected chi connectivity index (χ1v) is 8.58. The van der Waals surface area contributed by atoms with Crippen molar-refractivity contribution in [3.8, 4) is 0 Å². The number of carbonyl (C=O) groups is 2. The van der Waals surface area contributed by atoms with Crippen LogP contribution in [0.3, 0.4) is 0 Å². The number of carboxylic acid groups (broad SMARTS) is 1. The molecular weight excluding hydrogens is 304 g/mol. The molecule has 1 aromatic rings. The lowest BCUT2D eigenvalue weighted by atomic mass is 10.1. The summed E-state index contributed by atoms with van der Waals surface area (Å²) in [4.78, 5) is 30.6. The van der Waals surface area contributed by atoms with Crippen molar-refractivity contribution < 1.29 is 19.4 Å². The number of hydrogen-bond acceptors (Lipinski definition) is 5. The highest BCUT2D eigenvalue weighted by Gasteiger charge is 2.34. The van der Waals surface area contributed by atoms with E-state index < -0.39 is 5.97 Å². The fourth-order valence-corrected chi connectivity index (χ4v) is 3.69. The fraction of sp³-hybridized carbons (Fsp3) is 0.667. The van der Waals surface area contributed by atoms with Crippen LogP contribution in [0.1, 0.15) is 53.4 Å². The monoisotopic (exact) mass is 324 g/mol. The summed E-state index contributed by atoms with van der Waals surface area (Å²) in [6.45, 7) is 1.50. The summed E-state index contributed by atoms with van der Waals surface area (Å²) in [5.74, 6) is -0.518. The molecule has 1 saturated heterocycles. The van der Waals surface area contributed by atoms with E-state index in [-0.39, 0.29) is 24.9 Å². The molecule has 1 aliphatic heterocycles. The van der Waals surface area contributed by atoms with E-state index in [9.17, 15) is 9.59 Å². The van der Waals surface area contributed by atoms with Gasteiger partial charge in [-0.25, -0.2) is 4.98 Å². The molecule has 1 amide bonds. The molecule has 0 unspecified atom stereocenters. The molecule has 22 heavy (non-hydrogen) atoms. The molecule has 0 radical (unpaired) electrons. The molecule has 0 atom stereocenters. The van der Waals surface area contributed by atoms with Gasteiger partial charge in [0.1, 0.15) is 4.88 Å². The fourth-order valence-electron chi connectivity index (χ4n) is 2.86.